The largest absolute Gasteiger partial charge is 0.315 e. The second-order valence-corrected chi connectivity index (χ2v) is 6.56. The van der Waals surface area contributed by atoms with Crippen LogP contribution in [0.3, 0.4) is 0 Å². The minimum atomic E-state index is -3.01. The van der Waals surface area contributed by atoms with Gasteiger partial charge in [0.05, 0.1) is 5.75 Å². The van der Waals surface area contributed by atoms with Gasteiger partial charge in [0.25, 0.3) is 0 Å². The number of hydrogen-bond acceptors (Lipinski definition) is 4. The van der Waals surface area contributed by atoms with Gasteiger partial charge in [0, 0.05) is 19.6 Å². The van der Waals surface area contributed by atoms with Crippen molar-refractivity contribution in [2.24, 2.45) is 0 Å². The van der Waals surface area contributed by atoms with Crippen LogP contribution in [-0.2, 0) is 10.0 Å². The predicted molar refractivity (Wildman–Crippen MR) is 66.0 cm³/mol. The van der Waals surface area contributed by atoms with Crippen LogP contribution in [0.5, 0.6) is 0 Å². The van der Waals surface area contributed by atoms with Crippen molar-refractivity contribution >= 4 is 10.0 Å². The molecule has 0 aromatic carbocycles. The van der Waals surface area contributed by atoms with Gasteiger partial charge in [0.1, 0.15) is 0 Å². The highest BCUT2D eigenvalue weighted by Gasteiger charge is 2.22. The van der Waals surface area contributed by atoms with Crippen LogP contribution < -0.4 is 5.32 Å². The first-order valence-corrected chi connectivity index (χ1v) is 7.46. The van der Waals surface area contributed by atoms with E-state index in [1.165, 1.54) is 0 Å². The molecule has 0 atom stereocenters. The Morgan fingerprint density at radius 2 is 2.06 bits per heavy atom. The van der Waals surface area contributed by atoms with Gasteiger partial charge in [0.2, 0.25) is 10.0 Å². The molecule has 1 fully saturated rings. The van der Waals surface area contributed by atoms with Crippen LogP contribution in [0, 0.1) is 0 Å². The maximum atomic E-state index is 11.9. The minimum absolute atomic E-state index is 0.280. The second-order valence-electron chi connectivity index (χ2n) is 4.48. The van der Waals surface area contributed by atoms with Crippen LogP contribution in [0.1, 0.15) is 12.8 Å². The number of rotatable bonds is 4. The van der Waals surface area contributed by atoms with E-state index in [0.717, 1.165) is 26.1 Å². The number of hydrogen-bond donors (Lipinski definition) is 1. The molecule has 0 saturated carbocycles. The van der Waals surface area contributed by atoms with Gasteiger partial charge in [-0.05, 0) is 40.0 Å². The van der Waals surface area contributed by atoms with E-state index in [9.17, 15) is 8.42 Å². The molecule has 0 aliphatic carbocycles. The Hall–Kier alpha value is -0.170. The predicted octanol–water partition coefficient (Wildman–Crippen LogP) is -0.437. The smallest absolute Gasteiger partial charge is 0.214 e. The summed E-state index contributed by atoms with van der Waals surface area (Å²) in [6, 6.07) is 0. The van der Waals surface area contributed by atoms with Crippen molar-refractivity contribution in [3.05, 3.63) is 0 Å². The molecule has 1 rings (SSSR count). The van der Waals surface area contributed by atoms with Crippen LogP contribution in [0.15, 0.2) is 0 Å². The van der Waals surface area contributed by atoms with Crippen LogP contribution in [0.25, 0.3) is 0 Å². The average molecular weight is 249 g/mol. The molecule has 1 aliphatic rings. The van der Waals surface area contributed by atoms with Crippen molar-refractivity contribution in [2.45, 2.75) is 12.8 Å². The highest BCUT2D eigenvalue weighted by Crippen LogP contribution is 2.06. The van der Waals surface area contributed by atoms with Gasteiger partial charge in [-0.15, -0.1) is 0 Å². The number of sulfonamides is 1. The highest BCUT2D eigenvalue weighted by atomic mass is 32.2. The molecule has 1 saturated heterocycles. The molecule has 5 nitrogen and oxygen atoms in total. The summed E-state index contributed by atoms with van der Waals surface area (Å²) in [5, 5.41) is 3.24. The zero-order chi connectivity index (χ0) is 12.0. The molecular weight excluding hydrogens is 226 g/mol. The third-order valence-corrected chi connectivity index (χ3v) is 4.66. The van der Waals surface area contributed by atoms with Gasteiger partial charge in [-0.3, -0.25) is 0 Å². The van der Waals surface area contributed by atoms with Crippen LogP contribution in [0.4, 0.5) is 0 Å². The molecule has 1 N–H and O–H groups in total. The molecule has 1 heterocycles. The van der Waals surface area contributed by atoms with Gasteiger partial charge in [-0.25, -0.2) is 12.7 Å². The van der Waals surface area contributed by atoms with E-state index in [1.54, 1.807) is 4.31 Å². The van der Waals surface area contributed by atoms with Crippen LogP contribution in [0.2, 0.25) is 0 Å². The fourth-order valence-corrected chi connectivity index (χ4v) is 3.33. The first kappa shape index (κ1) is 13.9. The Kier molecular flexibility index (Phi) is 5.68. The fraction of sp³-hybridized carbons (Fsp3) is 1.00. The van der Waals surface area contributed by atoms with Crippen molar-refractivity contribution in [3.63, 3.8) is 0 Å². The summed E-state index contributed by atoms with van der Waals surface area (Å²) in [5.41, 5.74) is 0. The minimum Gasteiger partial charge on any atom is -0.315 e. The first-order chi connectivity index (χ1) is 7.52. The summed E-state index contributed by atoms with van der Waals surface area (Å²) < 4.78 is 25.5. The summed E-state index contributed by atoms with van der Waals surface area (Å²) in [4.78, 5) is 2.08. The molecular formula is C10H23N3O2S. The third-order valence-electron chi connectivity index (χ3n) is 2.70. The zero-order valence-electron chi connectivity index (χ0n) is 10.3. The second kappa shape index (κ2) is 6.54. The molecule has 0 bridgehead atoms. The summed E-state index contributed by atoms with van der Waals surface area (Å²) >= 11 is 0. The molecule has 96 valence electrons. The number of nitrogens with zero attached hydrogens (tertiary/aromatic N) is 2. The molecule has 0 amide bonds. The molecule has 0 unspecified atom stereocenters. The lowest BCUT2D eigenvalue weighted by Crippen LogP contribution is -2.42. The van der Waals surface area contributed by atoms with Crippen molar-refractivity contribution in [1.82, 2.24) is 14.5 Å². The Morgan fingerprint density at radius 3 is 2.75 bits per heavy atom. The van der Waals surface area contributed by atoms with E-state index in [4.69, 9.17) is 0 Å². The van der Waals surface area contributed by atoms with Crippen LogP contribution in [-0.4, -0.2) is 70.2 Å². The van der Waals surface area contributed by atoms with E-state index in [2.05, 4.69) is 10.2 Å². The Morgan fingerprint density at radius 1 is 1.31 bits per heavy atom. The first-order valence-electron chi connectivity index (χ1n) is 5.85. The van der Waals surface area contributed by atoms with E-state index < -0.39 is 10.0 Å². The lowest BCUT2D eigenvalue weighted by Gasteiger charge is -2.25. The van der Waals surface area contributed by atoms with E-state index in [1.807, 2.05) is 14.1 Å². The molecule has 0 aromatic heterocycles. The Bertz CT molecular complexity index is 290. The van der Waals surface area contributed by atoms with Gasteiger partial charge in [-0.1, -0.05) is 0 Å². The van der Waals surface area contributed by atoms with Gasteiger partial charge in [0.15, 0.2) is 0 Å². The van der Waals surface area contributed by atoms with Gasteiger partial charge >= 0.3 is 0 Å². The molecule has 16 heavy (non-hydrogen) atoms. The van der Waals surface area contributed by atoms with Crippen LogP contribution >= 0.6 is 0 Å². The van der Waals surface area contributed by atoms with Crippen molar-refractivity contribution in [1.29, 1.82) is 0 Å². The molecule has 6 heteroatoms. The van der Waals surface area contributed by atoms with E-state index in [-0.39, 0.29) is 5.75 Å². The quantitative estimate of drug-likeness (QED) is 0.734. The number of nitrogens with one attached hydrogen (secondary N) is 1. The van der Waals surface area contributed by atoms with Crippen molar-refractivity contribution in [2.75, 3.05) is 52.6 Å². The SMILES string of the molecule is CN(C)CCCN1CCNCCCS1(=O)=O. The third kappa shape index (κ3) is 4.78. The molecule has 0 aromatic rings. The Balaban J connectivity index is 2.46. The lowest BCUT2D eigenvalue weighted by molar-refractivity contribution is 0.344. The highest BCUT2D eigenvalue weighted by molar-refractivity contribution is 7.89. The Labute approximate surface area is 98.8 Å². The maximum Gasteiger partial charge on any atom is 0.214 e. The summed E-state index contributed by atoms with van der Waals surface area (Å²) in [6.45, 7) is 3.75. The van der Waals surface area contributed by atoms with Crippen molar-refractivity contribution in [3.8, 4) is 0 Å². The summed E-state index contributed by atoms with van der Waals surface area (Å²) in [5.74, 6) is 0.280. The maximum absolute atomic E-state index is 11.9. The average Bonchev–Trinajstić information content (AvgIpc) is 2.17. The fourth-order valence-electron chi connectivity index (χ4n) is 1.79. The normalized spacial score (nSPS) is 22.9. The summed E-state index contributed by atoms with van der Waals surface area (Å²) in [6.07, 6.45) is 1.61. The van der Waals surface area contributed by atoms with E-state index >= 15 is 0 Å². The van der Waals surface area contributed by atoms with Gasteiger partial charge < -0.3 is 10.2 Å². The standard InChI is InChI=1S/C10H23N3O2S/c1-12(2)7-4-8-13-9-6-11-5-3-10-16(13,14)15/h11H,3-10H2,1-2H3. The topological polar surface area (TPSA) is 52.6 Å². The van der Waals surface area contributed by atoms with Gasteiger partial charge in [-0.2, -0.15) is 0 Å². The zero-order valence-corrected chi connectivity index (χ0v) is 11.1. The molecule has 0 radical (unpaired) electrons. The van der Waals surface area contributed by atoms with Crippen molar-refractivity contribution < 1.29 is 8.42 Å². The molecule has 0 spiro atoms. The summed E-state index contributed by atoms with van der Waals surface area (Å²) in [7, 11) is 1.00. The monoisotopic (exact) mass is 249 g/mol. The molecule has 1 aliphatic heterocycles. The van der Waals surface area contributed by atoms with E-state index in [0.29, 0.717) is 19.5 Å². The lowest BCUT2D eigenvalue weighted by atomic mass is 10.4.